The van der Waals surface area contributed by atoms with E-state index in [1.807, 2.05) is 42.6 Å². The summed E-state index contributed by atoms with van der Waals surface area (Å²) in [6, 6.07) is 18.5. The molecule has 2 aromatic heterocycles. The van der Waals surface area contributed by atoms with Crippen LogP contribution in [0.15, 0.2) is 72.0 Å². The molecule has 1 unspecified atom stereocenters. The van der Waals surface area contributed by atoms with Crippen molar-refractivity contribution in [2.45, 2.75) is 58.0 Å². The van der Waals surface area contributed by atoms with Crippen LogP contribution in [0.4, 0.5) is 0 Å². The van der Waals surface area contributed by atoms with E-state index in [4.69, 9.17) is 14.5 Å². The van der Waals surface area contributed by atoms with Crippen molar-refractivity contribution in [3.8, 4) is 17.4 Å². The first-order valence-electron chi connectivity index (χ1n) is 14.1. The van der Waals surface area contributed by atoms with E-state index in [0.717, 1.165) is 74.7 Å². The Morgan fingerprint density at radius 2 is 1.74 bits per heavy atom. The molecule has 1 atom stereocenters. The third-order valence-electron chi connectivity index (χ3n) is 7.35. The summed E-state index contributed by atoms with van der Waals surface area (Å²) in [5.41, 5.74) is 1.93. The summed E-state index contributed by atoms with van der Waals surface area (Å²) in [7, 11) is 0. The second-order valence-electron chi connectivity index (χ2n) is 10.00. The van der Waals surface area contributed by atoms with Crippen molar-refractivity contribution in [2.24, 2.45) is 4.99 Å². The fourth-order valence-corrected chi connectivity index (χ4v) is 5.38. The normalized spacial score (nSPS) is 18.8. The third kappa shape index (κ3) is 6.70. The third-order valence-corrected chi connectivity index (χ3v) is 7.35. The van der Waals surface area contributed by atoms with Crippen LogP contribution in [0.5, 0.6) is 17.4 Å². The summed E-state index contributed by atoms with van der Waals surface area (Å²) in [4.78, 5) is 19.6. The molecule has 1 aromatic carbocycles. The number of hydrogen-bond donors (Lipinski definition) is 0. The molecule has 7 nitrogen and oxygen atoms in total. The molecule has 0 aliphatic carbocycles. The second-order valence-corrected chi connectivity index (χ2v) is 10.00. The van der Waals surface area contributed by atoms with Gasteiger partial charge in [0.25, 0.3) is 0 Å². The van der Waals surface area contributed by atoms with Gasteiger partial charge in [-0.15, -0.1) is 0 Å². The predicted octanol–water partition coefficient (Wildman–Crippen LogP) is 5.95. The van der Waals surface area contributed by atoms with Crippen LogP contribution in [-0.4, -0.2) is 64.4 Å². The molecule has 2 aliphatic rings. The van der Waals surface area contributed by atoms with Crippen molar-refractivity contribution >= 4 is 5.84 Å². The summed E-state index contributed by atoms with van der Waals surface area (Å²) in [5, 5.41) is 0. The van der Waals surface area contributed by atoms with Crippen LogP contribution in [0.2, 0.25) is 0 Å². The minimum absolute atomic E-state index is 0.481. The lowest BCUT2D eigenvalue weighted by Crippen LogP contribution is -2.43. The van der Waals surface area contributed by atoms with E-state index in [0.29, 0.717) is 30.8 Å². The van der Waals surface area contributed by atoms with E-state index in [-0.39, 0.29) is 0 Å². The SMILES string of the molecule is CCN1CCCC1CN(Cc1ccccn1)C1=NCCCCCCOc2ccccc2Oc2ncccc21. The predicted molar refractivity (Wildman–Crippen MR) is 151 cm³/mol. The second kappa shape index (κ2) is 13.4. The van der Waals surface area contributed by atoms with E-state index < -0.39 is 0 Å². The van der Waals surface area contributed by atoms with E-state index in [1.165, 1.54) is 12.8 Å². The maximum Gasteiger partial charge on any atom is 0.230 e. The van der Waals surface area contributed by atoms with Crippen molar-refractivity contribution in [2.75, 3.05) is 32.8 Å². The number of rotatable bonds is 5. The van der Waals surface area contributed by atoms with Crippen molar-refractivity contribution in [3.63, 3.8) is 0 Å². The maximum atomic E-state index is 6.46. The van der Waals surface area contributed by atoms with Gasteiger partial charge < -0.3 is 14.4 Å². The molecule has 0 N–H and O–H groups in total. The smallest absolute Gasteiger partial charge is 0.230 e. The number of para-hydroxylation sites is 2. The molecule has 0 spiro atoms. The lowest BCUT2D eigenvalue weighted by Gasteiger charge is -2.33. The lowest BCUT2D eigenvalue weighted by atomic mass is 10.1. The fraction of sp³-hybridized carbons (Fsp3) is 0.452. The largest absolute Gasteiger partial charge is 0.490 e. The van der Waals surface area contributed by atoms with Crippen LogP contribution in [-0.2, 0) is 6.54 Å². The number of benzene rings is 1. The molecule has 3 aromatic rings. The monoisotopic (exact) mass is 513 g/mol. The van der Waals surface area contributed by atoms with Gasteiger partial charge >= 0.3 is 0 Å². The molecule has 1 fully saturated rings. The van der Waals surface area contributed by atoms with Crippen molar-refractivity contribution in [1.82, 2.24) is 19.8 Å². The van der Waals surface area contributed by atoms with Gasteiger partial charge in [0.2, 0.25) is 5.88 Å². The average Bonchev–Trinajstić information content (AvgIpc) is 3.41. The summed E-state index contributed by atoms with van der Waals surface area (Å²) < 4.78 is 12.6. The Morgan fingerprint density at radius 1 is 0.895 bits per heavy atom. The van der Waals surface area contributed by atoms with E-state index in [9.17, 15) is 0 Å². The molecule has 0 bridgehead atoms. The van der Waals surface area contributed by atoms with Crippen molar-refractivity contribution < 1.29 is 9.47 Å². The Morgan fingerprint density at radius 3 is 2.61 bits per heavy atom. The zero-order chi connectivity index (χ0) is 26.0. The summed E-state index contributed by atoms with van der Waals surface area (Å²) in [6.45, 7) is 7.49. The van der Waals surface area contributed by atoms with Crippen LogP contribution in [0, 0.1) is 0 Å². The Hall–Kier alpha value is -3.45. The first kappa shape index (κ1) is 26.2. The van der Waals surface area contributed by atoms with Crippen LogP contribution < -0.4 is 9.47 Å². The standard InChI is InChI=1S/C31H39N5O2/c1-2-35-21-12-14-26(35)24-36(23-25-13-7-9-18-32-25)30-27-15-11-20-34-31(27)38-29-17-6-5-16-28(29)37-22-10-4-3-8-19-33-30/h5-7,9,11,13,15-18,20,26H,2-4,8,10,12,14,19,21-24H2,1H3. The van der Waals surface area contributed by atoms with Gasteiger partial charge in [0.05, 0.1) is 24.4 Å². The summed E-state index contributed by atoms with van der Waals surface area (Å²) in [6.07, 6.45) is 10.4. The minimum Gasteiger partial charge on any atom is -0.490 e. The first-order valence-corrected chi connectivity index (χ1v) is 14.1. The Kier molecular flexibility index (Phi) is 9.21. The van der Waals surface area contributed by atoms with Gasteiger partial charge in [0.1, 0.15) is 5.84 Å². The Labute approximate surface area is 226 Å². The van der Waals surface area contributed by atoms with Gasteiger partial charge in [-0.1, -0.05) is 31.5 Å². The molecule has 4 heterocycles. The number of likely N-dealkylation sites (N-methyl/N-ethyl adjacent to an activating group) is 1. The van der Waals surface area contributed by atoms with Crippen LogP contribution >= 0.6 is 0 Å². The summed E-state index contributed by atoms with van der Waals surface area (Å²) in [5.74, 6) is 2.89. The zero-order valence-electron chi connectivity index (χ0n) is 22.5. The first-order chi connectivity index (χ1) is 18.8. The molecule has 1 saturated heterocycles. The number of hydrogen-bond acceptors (Lipinski definition) is 7. The Bertz CT molecular complexity index is 1190. The molecule has 7 heteroatoms. The highest BCUT2D eigenvalue weighted by atomic mass is 16.5. The highest BCUT2D eigenvalue weighted by Gasteiger charge is 2.28. The highest BCUT2D eigenvalue weighted by Crippen LogP contribution is 2.33. The number of fused-ring (bicyclic) bond motifs is 2. The highest BCUT2D eigenvalue weighted by molar-refractivity contribution is 6.00. The van der Waals surface area contributed by atoms with Crippen LogP contribution in [0.25, 0.3) is 0 Å². The van der Waals surface area contributed by atoms with Crippen LogP contribution in [0.1, 0.15) is 56.7 Å². The number of nitrogens with zero attached hydrogens (tertiary/aromatic N) is 5. The summed E-state index contributed by atoms with van der Waals surface area (Å²) >= 11 is 0. The molecule has 2 aliphatic heterocycles. The quantitative estimate of drug-likeness (QED) is 0.420. The van der Waals surface area contributed by atoms with Gasteiger partial charge in [0.15, 0.2) is 11.5 Å². The molecule has 0 radical (unpaired) electrons. The van der Waals surface area contributed by atoms with Gasteiger partial charge in [-0.05, 0) is 81.6 Å². The number of amidine groups is 1. The topological polar surface area (TPSA) is 63.1 Å². The van der Waals surface area contributed by atoms with Crippen molar-refractivity contribution in [1.29, 1.82) is 0 Å². The van der Waals surface area contributed by atoms with Crippen LogP contribution in [0.3, 0.4) is 0 Å². The van der Waals surface area contributed by atoms with Gasteiger partial charge in [-0.2, -0.15) is 0 Å². The lowest BCUT2D eigenvalue weighted by molar-refractivity contribution is 0.219. The number of aliphatic imine (C=N–C) groups is 1. The fourth-order valence-electron chi connectivity index (χ4n) is 5.38. The molecule has 0 saturated carbocycles. The minimum atomic E-state index is 0.481. The average molecular weight is 514 g/mol. The zero-order valence-corrected chi connectivity index (χ0v) is 22.5. The number of pyridine rings is 2. The number of aromatic nitrogens is 2. The van der Waals surface area contributed by atoms with Gasteiger partial charge in [-0.25, -0.2) is 4.98 Å². The molecule has 0 amide bonds. The van der Waals surface area contributed by atoms with Gasteiger partial charge in [0, 0.05) is 31.5 Å². The number of likely N-dealkylation sites (tertiary alicyclic amines) is 1. The Balaban J connectivity index is 1.54. The van der Waals surface area contributed by atoms with E-state index in [2.05, 4.69) is 44.9 Å². The molecular formula is C31H39N5O2. The van der Waals surface area contributed by atoms with Crippen molar-refractivity contribution in [3.05, 3.63) is 78.2 Å². The molecule has 38 heavy (non-hydrogen) atoms. The molecule has 5 rings (SSSR count). The van der Waals surface area contributed by atoms with Gasteiger partial charge in [-0.3, -0.25) is 14.9 Å². The molecule has 200 valence electrons. The van der Waals surface area contributed by atoms with E-state index >= 15 is 0 Å². The maximum absolute atomic E-state index is 6.46. The molecular weight excluding hydrogens is 474 g/mol. The van der Waals surface area contributed by atoms with E-state index in [1.54, 1.807) is 6.20 Å². The number of ether oxygens (including phenoxy) is 2.